The second-order valence-electron chi connectivity index (χ2n) is 8.48. The molecule has 0 saturated heterocycles. The van der Waals surface area contributed by atoms with Gasteiger partial charge in [0.05, 0.1) is 33.7 Å². The molecule has 3 atom stereocenters. The molecule has 4 heterocycles. The zero-order chi connectivity index (χ0) is 22.5. The molecule has 3 aromatic heterocycles. The fourth-order valence-corrected chi connectivity index (χ4v) is 6.23. The number of hydrogen-bond donors (Lipinski definition) is 1. The quantitative estimate of drug-likeness (QED) is 0.596. The first kappa shape index (κ1) is 20.8. The lowest BCUT2D eigenvalue weighted by Crippen LogP contribution is -2.38. The van der Waals surface area contributed by atoms with Crippen molar-refractivity contribution in [3.63, 3.8) is 0 Å². The summed E-state index contributed by atoms with van der Waals surface area (Å²) in [5.74, 6) is -0.430. The number of fused-ring (bicyclic) bond motifs is 2. The van der Waals surface area contributed by atoms with Crippen LogP contribution in [0.5, 0.6) is 0 Å². The van der Waals surface area contributed by atoms with E-state index >= 15 is 0 Å². The molecule has 32 heavy (non-hydrogen) atoms. The first-order valence-electron chi connectivity index (χ1n) is 10.2. The molecule has 0 amide bonds. The summed E-state index contributed by atoms with van der Waals surface area (Å²) in [5, 5.41) is 10.4. The van der Waals surface area contributed by atoms with E-state index in [0.29, 0.717) is 34.8 Å². The Morgan fingerprint density at radius 3 is 2.94 bits per heavy atom. The second-order valence-corrected chi connectivity index (χ2v) is 9.91. The Kier molecular flexibility index (Phi) is 4.87. The van der Waals surface area contributed by atoms with Crippen molar-refractivity contribution in [2.24, 2.45) is 16.6 Å². The van der Waals surface area contributed by atoms with Crippen molar-refractivity contribution in [3.8, 4) is 6.07 Å². The van der Waals surface area contributed by atoms with Gasteiger partial charge in [0.25, 0.3) is 0 Å². The molecule has 1 fully saturated rings. The lowest BCUT2D eigenvalue weighted by Gasteiger charge is -2.34. The van der Waals surface area contributed by atoms with Crippen molar-refractivity contribution in [2.45, 2.75) is 30.1 Å². The average Bonchev–Trinajstić information content (AvgIpc) is 3.49. The highest BCUT2D eigenvalue weighted by molar-refractivity contribution is 8.15. The van der Waals surface area contributed by atoms with Gasteiger partial charge < -0.3 is 10.5 Å². The normalized spacial score (nSPS) is 26.3. The number of pyridine rings is 3. The van der Waals surface area contributed by atoms with Crippen LogP contribution in [0, 0.1) is 23.2 Å². The summed E-state index contributed by atoms with van der Waals surface area (Å²) < 4.78 is 20.2. The van der Waals surface area contributed by atoms with Gasteiger partial charge in [-0.15, -0.1) is 0 Å². The number of rotatable bonds is 5. The highest BCUT2D eigenvalue weighted by Gasteiger charge is 2.66. The smallest absolute Gasteiger partial charge is 0.218 e. The van der Waals surface area contributed by atoms with Crippen molar-refractivity contribution < 1.29 is 9.13 Å². The molecule has 0 aromatic carbocycles. The third-order valence-corrected chi connectivity index (χ3v) is 7.63. The summed E-state index contributed by atoms with van der Waals surface area (Å²) in [6, 6.07) is 7.51. The second kappa shape index (κ2) is 7.50. The predicted octanol–water partition coefficient (Wildman–Crippen LogP) is 3.31. The van der Waals surface area contributed by atoms with Crippen LogP contribution in [-0.2, 0) is 16.7 Å². The van der Waals surface area contributed by atoms with Crippen LogP contribution in [0.3, 0.4) is 0 Å². The highest BCUT2D eigenvalue weighted by Crippen LogP contribution is 2.65. The summed E-state index contributed by atoms with van der Waals surface area (Å²) in [4.78, 5) is 17.6. The number of nitriles is 1. The first-order chi connectivity index (χ1) is 15.4. The standard InChI is InChI=1S/C23H21FN6OS/c1-22(18-8-23(18,12-31-2)32-21(26)30-22)16-6-13(10-29-20(16)24)7-17-19-15(3-4-27-17)5-14(9-25)11-28-19/h3-6,10-11,18H,7-8,12H2,1-2H3,(H2,26,30)/t18-,22+,23+/m0/s1. The molecule has 1 aliphatic heterocycles. The van der Waals surface area contributed by atoms with Crippen LogP contribution in [0.15, 0.2) is 41.8 Å². The van der Waals surface area contributed by atoms with Crippen molar-refractivity contribution in [1.82, 2.24) is 15.0 Å². The minimum atomic E-state index is -0.812. The monoisotopic (exact) mass is 448 g/mol. The highest BCUT2D eigenvalue weighted by atomic mass is 32.2. The molecule has 3 aromatic rings. The molecule has 0 unspecified atom stereocenters. The third kappa shape index (κ3) is 3.31. The van der Waals surface area contributed by atoms with Crippen molar-refractivity contribution in [3.05, 3.63) is 65.1 Å². The van der Waals surface area contributed by atoms with Crippen LogP contribution in [0.1, 0.15) is 35.7 Å². The molecule has 2 N–H and O–H groups in total. The number of hydrogen-bond acceptors (Lipinski definition) is 8. The van der Waals surface area contributed by atoms with Gasteiger partial charge in [0, 0.05) is 49.0 Å². The van der Waals surface area contributed by atoms with E-state index in [0.717, 1.165) is 23.1 Å². The molecule has 0 spiro atoms. The zero-order valence-corrected chi connectivity index (χ0v) is 18.5. The van der Waals surface area contributed by atoms with Crippen LogP contribution < -0.4 is 5.73 Å². The van der Waals surface area contributed by atoms with Gasteiger partial charge in [0.1, 0.15) is 6.07 Å². The Hall–Kier alpha value is -3.09. The van der Waals surface area contributed by atoms with Gasteiger partial charge in [-0.25, -0.2) is 4.98 Å². The van der Waals surface area contributed by atoms with Gasteiger partial charge in [-0.2, -0.15) is 9.65 Å². The van der Waals surface area contributed by atoms with E-state index in [9.17, 15) is 4.39 Å². The topological polar surface area (TPSA) is 110 Å². The molecule has 0 radical (unpaired) electrons. The van der Waals surface area contributed by atoms with Gasteiger partial charge >= 0.3 is 0 Å². The number of ether oxygens (including phenoxy) is 1. The Balaban J connectivity index is 1.53. The fraction of sp³-hybridized carbons (Fsp3) is 0.348. The van der Waals surface area contributed by atoms with Gasteiger partial charge in [-0.1, -0.05) is 11.8 Å². The van der Waals surface area contributed by atoms with Crippen molar-refractivity contribution >= 4 is 27.8 Å². The molecule has 2 aliphatic rings. The summed E-state index contributed by atoms with van der Waals surface area (Å²) in [6.45, 7) is 2.46. The Morgan fingerprint density at radius 2 is 2.16 bits per heavy atom. The van der Waals surface area contributed by atoms with Gasteiger partial charge in [-0.3, -0.25) is 15.0 Å². The number of aliphatic imine (C=N–C) groups is 1. The summed E-state index contributed by atoms with van der Waals surface area (Å²) in [7, 11) is 1.66. The number of aromatic nitrogens is 3. The number of nitrogens with zero attached hydrogens (tertiary/aromatic N) is 5. The summed E-state index contributed by atoms with van der Waals surface area (Å²) >= 11 is 1.52. The first-order valence-corrected chi connectivity index (χ1v) is 11.0. The predicted molar refractivity (Wildman–Crippen MR) is 121 cm³/mol. The Labute approximate surface area is 188 Å². The molecule has 0 bridgehead atoms. The maximum absolute atomic E-state index is 15.0. The van der Waals surface area contributed by atoms with Crippen molar-refractivity contribution in [2.75, 3.05) is 13.7 Å². The molecule has 5 rings (SSSR count). The number of nitrogens with two attached hydrogens (primary N) is 1. The lowest BCUT2D eigenvalue weighted by molar-refractivity contribution is 0.184. The van der Waals surface area contributed by atoms with Crippen LogP contribution in [0.25, 0.3) is 10.9 Å². The van der Waals surface area contributed by atoms with Crippen LogP contribution in [-0.4, -0.2) is 38.6 Å². The number of halogens is 1. The summed E-state index contributed by atoms with van der Waals surface area (Å²) in [5.41, 5.74) is 8.51. The molecule has 7 nitrogen and oxygen atoms in total. The number of methoxy groups -OCH3 is 1. The fourth-order valence-electron chi connectivity index (χ4n) is 4.77. The van der Waals surface area contributed by atoms with Gasteiger partial charge in [0.2, 0.25) is 5.95 Å². The van der Waals surface area contributed by atoms with E-state index in [1.54, 1.807) is 19.4 Å². The minimum Gasteiger partial charge on any atom is -0.383 e. The lowest BCUT2D eigenvalue weighted by atomic mass is 9.86. The number of thioether (sulfide) groups is 1. The van der Waals surface area contributed by atoms with E-state index < -0.39 is 11.5 Å². The molecule has 9 heteroatoms. The maximum atomic E-state index is 15.0. The Bertz CT molecular complexity index is 1310. The van der Waals surface area contributed by atoms with Crippen molar-refractivity contribution in [1.29, 1.82) is 5.26 Å². The van der Waals surface area contributed by atoms with E-state index in [-0.39, 0.29) is 10.7 Å². The zero-order valence-electron chi connectivity index (χ0n) is 17.7. The van der Waals surface area contributed by atoms with Crippen LogP contribution in [0.4, 0.5) is 4.39 Å². The van der Waals surface area contributed by atoms with Gasteiger partial charge in [-0.05, 0) is 37.1 Å². The SMILES string of the molecule is COC[C@]12C[C@H]1[C@@](C)(c1cc(Cc3nccc4cc(C#N)cnc34)cnc1F)N=C(N)S2. The summed E-state index contributed by atoms with van der Waals surface area (Å²) in [6.07, 6.45) is 6.02. The largest absolute Gasteiger partial charge is 0.383 e. The molecule has 162 valence electrons. The molecular formula is C23H21FN6OS. The maximum Gasteiger partial charge on any atom is 0.218 e. The van der Waals surface area contributed by atoms with E-state index in [4.69, 9.17) is 15.7 Å². The number of amidine groups is 1. The van der Waals surface area contributed by atoms with Crippen LogP contribution in [0.2, 0.25) is 0 Å². The van der Waals surface area contributed by atoms with Crippen LogP contribution >= 0.6 is 11.8 Å². The molecular weight excluding hydrogens is 427 g/mol. The van der Waals surface area contributed by atoms with E-state index in [1.165, 1.54) is 24.2 Å². The Morgan fingerprint density at radius 1 is 1.31 bits per heavy atom. The van der Waals surface area contributed by atoms with E-state index in [1.807, 2.05) is 19.1 Å². The molecule has 1 aliphatic carbocycles. The van der Waals surface area contributed by atoms with E-state index in [2.05, 4.69) is 26.0 Å². The minimum absolute atomic E-state index is 0.112. The average molecular weight is 449 g/mol. The third-order valence-electron chi connectivity index (χ3n) is 6.36. The van der Waals surface area contributed by atoms with Gasteiger partial charge in [0.15, 0.2) is 5.17 Å². The molecule has 1 saturated carbocycles.